The van der Waals surface area contributed by atoms with Gasteiger partial charge >= 0.3 is 0 Å². The van der Waals surface area contributed by atoms with Gasteiger partial charge in [-0.25, -0.2) is 0 Å². The Morgan fingerprint density at radius 1 is 0.600 bits per heavy atom. The first-order chi connectivity index (χ1) is 14.7. The minimum atomic E-state index is 0.355. The molecule has 3 rings (SSSR count). The van der Waals surface area contributed by atoms with Crippen LogP contribution >= 0.6 is 0 Å². The van der Waals surface area contributed by atoms with Gasteiger partial charge in [-0.15, -0.1) is 0 Å². The lowest BCUT2D eigenvalue weighted by Crippen LogP contribution is -1.90. The number of benzene rings is 3. The van der Waals surface area contributed by atoms with Crippen LogP contribution in [0.15, 0.2) is 60.7 Å². The van der Waals surface area contributed by atoms with Crippen molar-refractivity contribution in [1.82, 2.24) is 0 Å². The van der Waals surface area contributed by atoms with Gasteiger partial charge in [-0.1, -0.05) is 48.6 Å². The molecule has 0 atom stereocenters. The average Bonchev–Trinajstić information content (AvgIpc) is 2.81. The van der Waals surface area contributed by atoms with Gasteiger partial charge in [0.2, 0.25) is 0 Å². The minimum Gasteiger partial charge on any atom is -0.497 e. The van der Waals surface area contributed by atoms with Crippen LogP contribution in [0.1, 0.15) is 33.4 Å². The zero-order valence-corrected chi connectivity index (χ0v) is 16.8. The molecule has 3 aromatic carbocycles. The summed E-state index contributed by atoms with van der Waals surface area (Å²) >= 11 is 0. The summed E-state index contributed by atoms with van der Waals surface area (Å²) in [6.45, 7) is 0. The van der Waals surface area contributed by atoms with Crippen molar-refractivity contribution in [2.75, 3.05) is 14.2 Å². The van der Waals surface area contributed by atoms with Crippen LogP contribution in [0, 0.1) is 22.7 Å². The molecular weight excluding hydrogens is 372 g/mol. The first-order valence-electron chi connectivity index (χ1n) is 9.29. The molecule has 4 heteroatoms. The standard InChI is InChI=1S/C26H20N2O2/c1-29-25-11-5-19(6-12-25)3-9-21-15-23(17-27)24(18-28)16-22(21)10-4-20-7-13-26(30-2)14-8-20/h3-16H,1-2H3. The molecule has 0 unspecified atom stereocenters. The molecule has 0 amide bonds. The van der Waals surface area contributed by atoms with E-state index in [-0.39, 0.29) is 0 Å². The Balaban J connectivity index is 1.97. The molecule has 0 aliphatic heterocycles. The Labute approximate surface area is 176 Å². The lowest BCUT2D eigenvalue weighted by molar-refractivity contribution is 0.414. The van der Waals surface area contributed by atoms with E-state index in [4.69, 9.17) is 9.47 Å². The maximum atomic E-state index is 9.40. The number of hydrogen-bond donors (Lipinski definition) is 0. The van der Waals surface area contributed by atoms with Crippen molar-refractivity contribution >= 4 is 24.3 Å². The summed E-state index contributed by atoms with van der Waals surface area (Å²) in [5.74, 6) is 1.58. The molecule has 0 aromatic heterocycles. The van der Waals surface area contributed by atoms with Crippen LogP contribution in [0.5, 0.6) is 11.5 Å². The fourth-order valence-corrected chi connectivity index (χ4v) is 2.91. The highest BCUT2D eigenvalue weighted by Gasteiger charge is 2.07. The maximum absolute atomic E-state index is 9.40. The molecule has 0 aliphatic carbocycles. The van der Waals surface area contributed by atoms with E-state index in [0.29, 0.717) is 11.1 Å². The zero-order chi connectivity index (χ0) is 21.3. The first kappa shape index (κ1) is 20.5. The largest absolute Gasteiger partial charge is 0.497 e. The SMILES string of the molecule is COc1ccc(C=Cc2cc(C#N)c(C#N)cc2C=Cc2ccc(OC)cc2)cc1. The van der Waals surface area contributed by atoms with E-state index in [9.17, 15) is 10.5 Å². The summed E-state index contributed by atoms with van der Waals surface area (Å²) in [6, 6.07) is 23.1. The number of methoxy groups -OCH3 is 2. The number of nitriles is 2. The Morgan fingerprint density at radius 2 is 0.967 bits per heavy atom. The number of hydrogen-bond acceptors (Lipinski definition) is 4. The molecule has 0 radical (unpaired) electrons. The monoisotopic (exact) mass is 392 g/mol. The van der Waals surface area contributed by atoms with Gasteiger partial charge in [0.05, 0.1) is 25.3 Å². The summed E-state index contributed by atoms with van der Waals surface area (Å²) < 4.78 is 10.4. The average molecular weight is 392 g/mol. The fourth-order valence-electron chi connectivity index (χ4n) is 2.91. The molecule has 0 saturated heterocycles. The summed E-state index contributed by atoms with van der Waals surface area (Å²) in [7, 11) is 3.26. The van der Waals surface area contributed by atoms with Gasteiger partial charge in [-0.3, -0.25) is 0 Å². The molecule has 30 heavy (non-hydrogen) atoms. The molecule has 4 nitrogen and oxygen atoms in total. The van der Waals surface area contributed by atoms with Crippen LogP contribution in [0.3, 0.4) is 0 Å². The van der Waals surface area contributed by atoms with Gasteiger partial charge < -0.3 is 9.47 Å². The topological polar surface area (TPSA) is 66.0 Å². The zero-order valence-electron chi connectivity index (χ0n) is 16.8. The van der Waals surface area contributed by atoms with Crippen molar-refractivity contribution < 1.29 is 9.47 Å². The highest BCUT2D eigenvalue weighted by molar-refractivity contribution is 5.81. The fraction of sp³-hybridized carbons (Fsp3) is 0.0769. The molecular formula is C26H20N2O2. The van der Waals surface area contributed by atoms with E-state index in [0.717, 1.165) is 33.8 Å². The summed E-state index contributed by atoms with van der Waals surface area (Å²) in [6.07, 6.45) is 7.81. The minimum absolute atomic E-state index is 0.355. The molecule has 0 bridgehead atoms. The lowest BCUT2D eigenvalue weighted by atomic mass is 9.97. The molecule has 3 aromatic rings. The van der Waals surface area contributed by atoms with Gasteiger partial charge in [-0.2, -0.15) is 10.5 Å². The lowest BCUT2D eigenvalue weighted by Gasteiger charge is -2.05. The second-order valence-corrected chi connectivity index (χ2v) is 6.46. The predicted molar refractivity (Wildman–Crippen MR) is 120 cm³/mol. The normalized spacial score (nSPS) is 10.7. The molecule has 0 N–H and O–H groups in total. The Bertz CT molecular complexity index is 1070. The van der Waals surface area contributed by atoms with E-state index in [1.807, 2.05) is 72.8 Å². The van der Waals surface area contributed by atoms with Crippen LogP contribution in [-0.4, -0.2) is 14.2 Å². The van der Waals surface area contributed by atoms with Crippen molar-refractivity contribution in [3.8, 4) is 23.6 Å². The smallest absolute Gasteiger partial charge is 0.118 e. The Hall–Kier alpha value is -4.28. The quantitative estimate of drug-likeness (QED) is 0.498. The first-order valence-corrected chi connectivity index (χ1v) is 9.29. The summed E-state index contributed by atoms with van der Waals surface area (Å²) in [5.41, 5.74) is 4.42. The molecule has 146 valence electrons. The van der Waals surface area contributed by atoms with Gasteiger partial charge in [-0.05, 0) is 58.7 Å². The third kappa shape index (κ3) is 4.95. The number of rotatable bonds is 6. The van der Waals surface area contributed by atoms with E-state index in [2.05, 4.69) is 12.1 Å². The van der Waals surface area contributed by atoms with E-state index in [1.54, 1.807) is 26.4 Å². The Morgan fingerprint density at radius 3 is 1.27 bits per heavy atom. The molecule has 0 spiro atoms. The molecule has 0 saturated carbocycles. The predicted octanol–water partition coefficient (Wildman–Crippen LogP) is 5.79. The number of ether oxygens (including phenoxy) is 2. The highest BCUT2D eigenvalue weighted by Crippen LogP contribution is 2.23. The molecule has 0 aliphatic rings. The second kappa shape index (κ2) is 9.78. The van der Waals surface area contributed by atoms with Crippen molar-refractivity contribution in [2.45, 2.75) is 0 Å². The molecule has 0 heterocycles. The number of nitrogens with zero attached hydrogens (tertiary/aromatic N) is 2. The van der Waals surface area contributed by atoms with Crippen molar-refractivity contribution in [3.05, 3.63) is 94.0 Å². The third-order valence-corrected chi connectivity index (χ3v) is 4.61. The van der Waals surface area contributed by atoms with Crippen LogP contribution in [0.4, 0.5) is 0 Å². The highest BCUT2D eigenvalue weighted by atomic mass is 16.5. The van der Waals surface area contributed by atoms with Crippen LogP contribution in [-0.2, 0) is 0 Å². The molecule has 0 fully saturated rings. The maximum Gasteiger partial charge on any atom is 0.118 e. The second-order valence-electron chi connectivity index (χ2n) is 6.46. The van der Waals surface area contributed by atoms with Gasteiger partial charge in [0.15, 0.2) is 0 Å². The summed E-state index contributed by atoms with van der Waals surface area (Å²) in [4.78, 5) is 0. The van der Waals surface area contributed by atoms with Crippen LogP contribution < -0.4 is 9.47 Å². The van der Waals surface area contributed by atoms with E-state index in [1.165, 1.54) is 0 Å². The van der Waals surface area contributed by atoms with Crippen molar-refractivity contribution in [1.29, 1.82) is 10.5 Å². The van der Waals surface area contributed by atoms with Gasteiger partial charge in [0, 0.05) is 0 Å². The van der Waals surface area contributed by atoms with Crippen LogP contribution in [0.2, 0.25) is 0 Å². The van der Waals surface area contributed by atoms with Gasteiger partial charge in [0.1, 0.15) is 23.6 Å². The van der Waals surface area contributed by atoms with Gasteiger partial charge in [0.25, 0.3) is 0 Å². The summed E-state index contributed by atoms with van der Waals surface area (Å²) in [5, 5.41) is 18.8. The van der Waals surface area contributed by atoms with E-state index < -0.39 is 0 Å². The Kier molecular flexibility index (Phi) is 6.66. The van der Waals surface area contributed by atoms with Crippen molar-refractivity contribution in [2.24, 2.45) is 0 Å². The van der Waals surface area contributed by atoms with E-state index >= 15 is 0 Å². The third-order valence-electron chi connectivity index (χ3n) is 4.61. The van der Waals surface area contributed by atoms with Crippen molar-refractivity contribution in [3.63, 3.8) is 0 Å². The van der Waals surface area contributed by atoms with Crippen LogP contribution in [0.25, 0.3) is 24.3 Å².